The number of amides is 1. The van der Waals surface area contributed by atoms with Gasteiger partial charge >= 0.3 is 0 Å². The Morgan fingerprint density at radius 3 is 2.88 bits per heavy atom. The summed E-state index contributed by atoms with van der Waals surface area (Å²) in [6.45, 7) is 5.27. The number of carbonyl (C=O) groups excluding carboxylic acids is 1. The normalized spacial score (nSPS) is 17.7. The lowest BCUT2D eigenvalue weighted by Gasteiger charge is -2.32. The number of aromatic nitrogens is 5. The lowest BCUT2D eigenvalue weighted by molar-refractivity contribution is 0.0704. The lowest BCUT2D eigenvalue weighted by Crippen LogP contribution is -2.39. The summed E-state index contributed by atoms with van der Waals surface area (Å²) in [6, 6.07) is 4.17. The maximum Gasteiger partial charge on any atom is 0.257 e. The topological polar surface area (TPSA) is 76.8 Å². The Morgan fingerprint density at radius 2 is 2.08 bits per heavy atom. The number of piperidine rings is 1. The molecule has 1 fully saturated rings. The zero-order valence-corrected chi connectivity index (χ0v) is 15.3. The summed E-state index contributed by atoms with van der Waals surface area (Å²) < 4.78 is 1.82. The molecular weight excluding hydrogens is 328 g/mol. The zero-order valence-electron chi connectivity index (χ0n) is 15.3. The smallest absolute Gasteiger partial charge is 0.257 e. The summed E-state index contributed by atoms with van der Waals surface area (Å²) in [5, 5.41) is 5.53. The molecule has 0 bridgehead atoms. The SMILES string of the molecule is Cc1ncncc1C(=O)N1CCCC(c2ccc3c(C)nn(C)c3n2)C1. The number of hydrogen-bond donors (Lipinski definition) is 0. The molecule has 1 aliphatic heterocycles. The van der Waals surface area contributed by atoms with Crippen LogP contribution < -0.4 is 0 Å². The van der Waals surface area contributed by atoms with E-state index in [2.05, 4.69) is 27.2 Å². The molecule has 1 atom stereocenters. The predicted octanol–water partition coefficient (Wildman–Crippen LogP) is 2.39. The average molecular weight is 350 g/mol. The fraction of sp³-hybridized carbons (Fsp3) is 0.421. The van der Waals surface area contributed by atoms with E-state index in [4.69, 9.17) is 4.98 Å². The van der Waals surface area contributed by atoms with Crippen LogP contribution in [0.25, 0.3) is 11.0 Å². The van der Waals surface area contributed by atoms with Gasteiger partial charge in [0.05, 0.1) is 17.0 Å². The summed E-state index contributed by atoms with van der Waals surface area (Å²) in [5.74, 6) is 0.238. The van der Waals surface area contributed by atoms with Crippen molar-refractivity contribution in [3.63, 3.8) is 0 Å². The monoisotopic (exact) mass is 350 g/mol. The van der Waals surface area contributed by atoms with Gasteiger partial charge in [0.2, 0.25) is 0 Å². The molecule has 26 heavy (non-hydrogen) atoms. The van der Waals surface area contributed by atoms with Crippen LogP contribution in [0.5, 0.6) is 0 Å². The molecule has 7 nitrogen and oxygen atoms in total. The molecule has 1 saturated heterocycles. The second-order valence-corrected chi connectivity index (χ2v) is 6.93. The van der Waals surface area contributed by atoms with Gasteiger partial charge in [0.15, 0.2) is 5.65 Å². The second kappa shape index (κ2) is 6.48. The number of hydrogen-bond acceptors (Lipinski definition) is 5. The molecule has 0 N–H and O–H groups in total. The molecular formula is C19H22N6O. The van der Waals surface area contributed by atoms with Crippen molar-refractivity contribution in [1.82, 2.24) is 29.6 Å². The summed E-state index contributed by atoms with van der Waals surface area (Å²) in [7, 11) is 1.92. The van der Waals surface area contributed by atoms with Crippen LogP contribution in [0.4, 0.5) is 0 Å². The van der Waals surface area contributed by atoms with Gasteiger partial charge in [-0.3, -0.25) is 9.48 Å². The molecule has 1 unspecified atom stereocenters. The molecule has 4 rings (SSSR count). The van der Waals surface area contributed by atoms with E-state index in [1.54, 1.807) is 6.20 Å². The predicted molar refractivity (Wildman–Crippen MR) is 97.9 cm³/mol. The maximum atomic E-state index is 12.9. The van der Waals surface area contributed by atoms with Gasteiger partial charge in [0.1, 0.15) is 6.33 Å². The highest BCUT2D eigenvalue weighted by Crippen LogP contribution is 2.28. The first-order chi connectivity index (χ1) is 12.5. The molecule has 3 aromatic rings. The molecule has 134 valence electrons. The van der Waals surface area contributed by atoms with Gasteiger partial charge in [-0.1, -0.05) is 0 Å². The summed E-state index contributed by atoms with van der Waals surface area (Å²) in [5.41, 5.74) is 4.21. The molecule has 4 heterocycles. The number of nitrogens with zero attached hydrogens (tertiary/aromatic N) is 6. The van der Waals surface area contributed by atoms with Crippen LogP contribution >= 0.6 is 0 Å². The van der Waals surface area contributed by atoms with Crippen LogP contribution in [-0.4, -0.2) is 48.6 Å². The third kappa shape index (κ3) is 2.83. The van der Waals surface area contributed by atoms with E-state index in [0.29, 0.717) is 12.1 Å². The Balaban J connectivity index is 1.60. The maximum absolute atomic E-state index is 12.9. The molecule has 0 saturated carbocycles. The minimum absolute atomic E-state index is 0.00487. The lowest BCUT2D eigenvalue weighted by atomic mass is 9.93. The Morgan fingerprint density at radius 1 is 1.23 bits per heavy atom. The van der Waals surface area contributed by atoms with Gasteiger partial charge in [-0.05, 0) is 38.8 Å². The fourth-order valence-corrected chi connectivity index (χ4v) is 3.72. The highest BCUT2D eigenvalue weighted by Gasteiger charge is 2.27. The van der Waals surface area contributed by atoms with Crippen molar-refractivity contribution in [3.05, 3.63) is 47.3 Å². The van der Waals surface area contributed by atoms with E-state index in [1.807, 2.05) is 30.5 Å². The van der Waals surface area contributed by atoms with Crippen LogP contribution in [0.3, 0.4) is 0 Å². The van der Waals surface area contributed by atoms with Crippen LogP contribution in [0.15, 0.2) is 24.7 Å². The molecule has 0 aromatic carbocycles. The number of fused-ring (bicyclic) bond motifs is 1. The van der Waals surface area contributed by atoms with Crippen LogP contribution in [0.2, 0.25) is 0 Å². The van der Waals surface area contributed by atoms with E-state index in [1.165, 1.54) is 6.33 Å². The van der Waals surface area contributed by atoms with Gasteiger partial charge in [-0.25, -0.2) is 15.0 Å². The molecule has 7 heteroatoms. The van der Waals surface area contributed by atoms with Gasteiger partial charge in [-0.15, -0.1) is 0 Å². The number of pyridine rings is 1. The van der Waals surface area contributed by atoms with Gasteiger partial charge in [-0.2, -0.15) is 5.10 Å². The quantitative estimate of drug-likeness (QED) is 0.709. The van der Waals surface area contributed by atoms with E-state index in [-0.39, 0.29) is 11.8 Å². The molecule has 1 aliphatic rings. The minimum atomic E-state index is 0.00487. The van der Waals surface area contributed by atoms with Crippen molar-refractivity contribution in [2.45, 2.75) is 32.6 Å². The first-order valence-electron chi connectivity index (χ1n) is 8.90. The first-order valence-corrected chi connectivity index (χ1v) is 8.90. The Kier molecular flexibility index (Phi) is 4.14. The van der Waals surface area contributed by atoms with Crippen molar-refractivity contribution >= 4 is 16.9 Å². The van der Waals surface area contributed by atoms with Crippen LogP contribution in [0, 0.1) is 13.8 Å². The molecule has 0 aliphatic carbocycles. The first kappa shape index (κ1) is 16.6. The van der Waals surface area contributed by atoms with Crippen LogP contribution in [-0.2, 0) is 7.05 Å². The summed E-state index contributed by atoms with van der Waals surface area (Å²) in [6.07, 6.45) is 5.08. The molecule has 1 amide bonds. The molecule has 0 radical (unpaired) electrons. The van der Waals surface area contributed by atoms with E-state index >= 15 is 0 Å². The average Bonchev–Trinajstić information content (AvgIpc) is 2.95. The van der Waals surface area contributed by atoms with Crippen molar-refractivity contribution in [2.24, 2.45) is 7.05 Å². The Bertz CT molecular complexity index is 979. The van der Waals surface area contributed by atoms with E-state index < -0.39 is 0 Å². The fourth-order valence-electron chi connectivity index (χ4n) is 3.72. The zero-order chi connectivity index (χ0) is 18.3. The second-order valence-electron chi connectivity index (χ2n) is 6.93. The number of rotatable bonds is 2. The Hall–Kier alpha value is -2.83. The third-order valence-electron chi connectivity index (χ3n) is 5.16. The largest absolute Gasteiger partial charge is 0.338 e. The summed E-state index contributed by atoms with van der Waals surface area (Å²) >= 11 is 0. The van der Waals surface area contributed by atoms with Crippen LogP contribution in [0.1, 0.15) is 46.2 Å². The van der Waals surface area contributed by atoms with Gasteiger partial charge in [0.25, 0.3) is 5.91 Å². The van der Waals surface area contributed by atoms with Crippen molar-refractivity contribution in [1.29, 1.82) is 0 Å². The highest BCUT2D eigenvalue weighted by atomic mass is 16.2. The standard InChI is InChI=1S/C19H22N6O/c1-12-16(9-20-11-21-12)19(26)25-8-4-5-14(10-25)17-7-6-15-13(2)23-24(3)18(15)22-17/h6-7,9,11,14H,4-5,8,10H2,1-3H3. The highest BCUT2D eigenvalue weighted by molar-refractivity contribution is 5.95. The van der Waals surface area contributed by atoms with Crippen molar-refractivity contribution in [3.8, 4) is 0 Å². The van der Waals surface area contributed by atoms with Gasteiger partial charge < -0.3 is 4.90 Å². The van der Waals surface area contributed by atoms with E-state index in [9.17, 15) is 4.79 Å². The third-order valence-corrected chi connectivity index (χ3v) is 5.16. The van der Waals surface area contributed by atoms with Gasteiger partial charge in [0, 0.05) is 43.3 Å². The molecule has 0 spiro atoms. The number of likely N-dealkylation sites (tertiary alicyclic amines) is 1. The number of carbonyl (C=O) groups is 1. The van der Waals surface area contributed by atoms with Crippen molar-refractivity contribution in [2.75, 3.05) is 13.1 Å². The van der Waals surface area contributed by atoms with E-state index in [0.717, 1.165) is 47.5 Å². The minimum Gasteiger partial charge on any atom is -0.338 e. The van der Waals surface area contributed by atoms with Crippen molar-refractivity contribution < 1.29 is 4.79 Å². The molecule has 3 aromatic heterocycles. The number of aryl methyl sites for hydroxylation is 3. The Labute approximate surface area is 152 Å². The summed E-state index contributed by atoms with van der Waals surface area (Å²) in [4.78, 5) is 27.8.